The molecule has 1 aliphatic heterocycles. The third-order valence-corrected chi connectivity index (χ3v) is 5.74. The van der Waals surface area contributed by atoms with E-state index < -0.39 is 12.0 Å². The molecular formula is C22H24F3N7O3. The van der Waals surface area contributed by atoms with Crippen molar-refractivity contribution >= 4 is 23.3 Å². The molecule has 1 aromatic carbocycles. The molecule has 1 fully saturated rings. The molecule has 0 bridgehead atoms. The Morgan fingerprint density at radius 3 is 2.51 bits per heavy atom. The normalized spacial score (nSPS) is 14.8. The number of nitrogens with zero attached hydrogens (tertiary/aromatic N) is 5. The van der Waals surface area contributed by atoms with Crippen LogP contribution in [0.1, 0.15) is 35.4 Å². The molecular weight excluding hydrogens is 467 g/mol. The van der Waals surface area contributed by atoms with Crippen LogP contribution in [0.15, 0.2) is 36.4 Å². The summed E-state index contributed by atoms with van der Waals surface area (Å²) in [6.45, 7) is 1.70. The average molecular weight is 491 g/mol. The van der Waals surface area contributed by atoms with E-state index in [4.69, 9.17) is 0 Å². The van der Waals surface area contributed by atoms with Gasteiger partial charge >= 0.3 is 6.18 Å². The molecule has 3 aromatic rings. The molecule has 13 heteroatoms. The third kappa shape index (κ3) is 5.78. The number of hydrogen-bond acceptors (Lipinski definition) is 7. The number of piperidine rings is 1. The van der Waals surface area contributed by atoms with Gasteiger partial charge in [-0.3, -0.25) is 9.59 Å². The minimum Gasteiger partial charge on any atom is -0.508 e. The van der Waals surface area contributed by atoms with Gasteiger partial charge in [-0.1, -0.05) is 6.07 Å². The number of benzene rings is 1. The molecule has 0 spiro atoms. The Bertz CT molecular complexity index is 1210. The molecule has 3 heterocycles. The van der Waals surface area contributed by atoms with Gasteiger partial charge in [-0.05, 0) is 49.6 Å². The molecule has 0 atom stereocenters. The summed E-state index contributed by atoms with van der Waals surface area (Å²) in [5.41, 5.74) is 0.363. The fraction of sp³-hybridized carbons (Fsp3) is 0.409. The number of anilines is 1. The fourth-order valence-corrected chi connectivity index (χ4v) is 3.89. The van der Waals surface area contributed by atoms with E-state index in [1.807, 2.05) is 4.90 Å². The first-order chi connectivity index (χ1) is 16.7. The molecule has 4 rings (SSSR count). The van der Waals surface area contributed by atoms with Crippen LogP contribution in [0, 0.1) is 5.92 Å². The monoisotopic (exact) mass is 491 g/mol. The number of rotatable bonds is 7. The lowest BCUT2D eigenvalue weighted by atomic mass is 9.96. The molecule has 0 saturated carbocycles. The van der Waals surface area contributed by atoms with Gasteiger partial charge in [-0.25, -0.2) is 0 Å². The molecule has 2 amide bonds. The van der Waals surface area contributed by atoms with Crippen LogP contribution in [0.25, 0.3) is 5.65 Å². The van der Waals surface area contributed by atoms with Crippen molar-refractivity contribution in [2.75, 3.05) is 31.1 Å². The van der Waals surface area contributed by atoms with Crippen molar-refractivity contribution in [1.29, 1.82) is 0 Å². The molecule has 1 aliphatic rings. The van der Waals surface area contributed by atoms with Crippen molar-refractivity contribution in [2.24, 2.45) is 5.92 Å². The number of hydrogen-bond donors (Lipinski definition) is 3. The van der Waals surface area contributed by atoms with E-state index in [0.29, 0.717) is 61.3 Å². The summed E-state index contributed by atoms with van der Waals surface area (Å²) < 4.78 is 40.0. The number of alkyl halides is 3. The predicted molar refractivity (Wildman–Crippen MR) is 119 cm³/mol. The van der Waals surface area contributed by atoms with E-state index in [1.165, 1.54) is 18.2 Å². The Labute approximate surface area is 198 Å². The van der Waals surface area contributed by atoms with Crippen molar-refractivity contribution < 1.29 is 27.9 Å². The van der Waals surface area contributed by atoms with E-state index in [2.05, 4.69) is 25.9 Å². The second-order valence-electron chi connectivity index (χ2n) is 8.20. The molecule has 3 N–H and O–H groups in total. The average Bonchev–Trinajstić information content (AvgIpc) is 3.27. The first-order valence-electron chi connectivity index (χ1n) is 11.1. The summed E-state index contributed by atoms with van der Waals surface area (Å²) in [4.78, 5) is 26.4. The topological polar surface area (TPSA) is 125 Å². The number of nitrogens with one attached hydrogen (secondary N) is 2. The Morgan fingerprint density at radius 2 is 1.80 bits per heavy atom. The number of carbonyl (C=O) groups is 2. The number of carbonyl (C=O) groups excluding carboxylic acids is 2. The first-order valence-corrected chi connectivity index (χ1v) is 11.1. The zero-order valence-corrected chi connectivity index (χ0v) is 18.6. The van der Waals surface area contributed by atoms with Gasteiger partial charge in [0.25, 0.3) is 11.7 Å². The van der Waals surface area contributed by atoms with E-state index in [1.54, 1.807) is 18.2 Å². The van der Waals surface area contributed by atoms with E-state index in [0.717, 1.165) is 0 Å². The lowest BCUT2D eigenvalue weighted by Gasteiger charge is -2.32. The van der Waals surface area contributed by atoms with Crippen molar-refractivity contribution in [2.45, 2.75) is 25.4 Å². The van der Waals surface area contributed by atoms with Gasteiger partial charge < -0.3 is 20.6 Å². The first kappa shape index (κ1) is 24.2. The van der Waals surface area contributed by atoms with Crippen molar-refractivity contribution in [3.8, 4) is 5.75 Å². The quantitative estimate of drug-likeness (QED) is 0.432. The van der Waals surface area contributed by atoms with Gasteiger partial charge in [-0.15, -0.1) is 15.3 Å². The van der Waals surface area contributed by atoms with Gasteiger partial charge in [0.15, 0.2) is 5.65 Å². The van der Waals surface area contributed by atoms with Crippen LogP contribution < -0.4 is 15.5 Å². The molecule has 186 valence electrons. The lowest BCUT2D eigenvalue weighted by Crippen LogP contribution is -2.41. The fourth-order valence-electron chi connectivity index (χ4n) is 3.89. The summed E-state index contributed by atoms with van der Waals surface area (Å²) >= 11 is 0. The highest BCUT2D eigenvalue weighted by Gasteiger charge is 2.38. The minimum atomic E-state index is -4.66. The van der Waals surface area contributed by atoms with Gasteiger partial charge in [0, 0.05) is 37.7 Å². The zero-order valence-electron chi connectivity index (χ0n) is 18.6. The zero-order chi connectivity index (χ0) is 25.0. The Hall–Kier alpha value is -3.90. The second kappa shape index (κ2) is 10.2. The number of halogens is 3. The molecule has 0 unspecified atom stereocenters. The maximum Gasteiger partial charge on any atom is 0.453 e. The summed E-state index contributed by atoms with van der Waals surface area (Å²) in [7, 11) is 0. The van der Waals surface area contributed by atoms with Crippen molar-refractivity contribution in [1.82, 2.24) is 30.4 Å². The van der Waals surface area contributed by atoms with Crippen LogP contribution >= 0.6 is 0 Å². The maximum absolute atomic E-state index is 13.1. The van der Waals surface area contributed by atoms with Crippen molar-refractivity contribution in [3.63, 3.8) is 0 Å². The molecule has 35 heavy (non-hydrogen) atoms. The predicted octanol–water partition coefficient (Wildman–Crippen LogP) is 2.00. The SMILES string of the molecule is O=C(NCCCNC(=O)C1CCN(c2ccc3nnc(C(F)(F)F)n3n2)CC1)c1cccc(O)c1. The Balaban J connectivity index is 1.21. The number of phenolic OH excluding ortho intramolecular Hbond substituents is 1. The summed E-state index contributed by atoms with van der Waals surface area (Å²) in [6.07, 6.45) is -3.05. The Morgan fingerprint density at radius 1 is 1.06 bits per heavy atom. The van der Waals surface area contributed by atoms with Gasteiger partial charge in [-0.2, -0.15) is 17.7 Å². The van der Waals surface area contributed by atoms with Crippen LogP contribution in [-0.2, 0) is 11.0 Å². The smallest absolute Gasteiger partial charge is 0.453 e. The van der Waals surface area contributed by atoms with Crippen LogP contribution in [0.2, 0.25) is 0 Å². The van der Waals surface area contributed by atoms with Crippen LogP contribution in [0.4, 0.5) is 19.0 Å². The molecule has 0 aliphatic carbocycles. The lowest BCUT2D eigenvalue weighted by molar-refractivity contribution is -0.146. The summed E-state index contributed by atoms with van der Waals surface area (Å²) in [6, 6.07) is 9.06. The Kier molecular flexibility index (Phi) is 7.03. The summed E-state index contributed by atoms with van der Waals surface area (Å²) in [5, 5.41) is 25.8. The standard InChI is InChI=1S/C22H24F3N7O3/c23-22(24,25)21-29-28-17-5-6-18(30-32(17)21)31-11-7-14(8-12-31)19(34)26-9-2-10-27-20(35)15-3-1-4-16(33)13-15/h1,3-6,13-14,33H,2,7-12H2,(H,26,34)(H,27,35). The number of fused-ring (bicyclic) bond motifs is 1. The second-order valence-corrected chi connectivity index (χ2v) is 8.20. The van der Waals surface area contributed by atoms with Gasteiger partial charge in [0.2, 0.25) is 5.91 Å². The maximum atomic E-state index is 13.1. The number of phenols is 1. The van der Waals surface area contributed by atoms with Gasteiger partial charge in [0.1, 0.15) is 11.6 Å². The number of amides is 2. The largest absolute Gasteiger partial charge is 0.508 e. The van der Waals surface area contributed by atoms with Crippen LogP contribution in [0.5, 0.6) is 5.75 Å². The number of aromatic hydroxyl groups is 1. The van der Waals surface area contributed by atoms with Crippen LogP contribution in [-0.4, -0.2) is 62.9 Å². The summed E-state index contributed by atoms with van der Waals surface area (Å²) in [5.74, 6) is -1.41. The highest BCUT2D eigenvalue weighted by Crippen LogP contribution is 2.28. The van der Waals surface area contributed by atoms with Crippen LogP contribution in [0.3, 0.4) is 0 Å². The highest BCUT2D eigenvalue weighted by molar-refractivity contribution is 5.94. The van der Waals surface area contributed by atoms with Gasteiger partial charge in [0.05, 0.1) is 0 Å². The minimum absolute atomic E-state index is 0.00782. The molecule has 2 aromatic heterocycles. The highest BCUT2D eigenvalue weighted by atomic mass is 19.4. The van der Waals surface area contributed by atoms with E-state index >= 15 is 0 Å². The molecule has 1 saturated heterocycles. The van der Waals surface area contributed by atoms with E-state index in [9.17, 15) is 27.9 Å². The van der Waals surface area contributed by atoms with E-state index in [-0.39, 0.29) is 29.1 Å². The van der Waals surface area contributed by atoms with Crippen molar-refractivity contribution in [3.05, 3.63) is 47.8 Å². The number of aromatic nitrogens is 4. The molecule has 10 nitrogen and oxygen atoms in total. The third-order valence-electron chi connectivity index (χ3n) is 5.74. The molecule has 0 radical (unpaired) electrons.